The first-order valence-corrected chi connectivity index (χ1v) is 6.53. The quantitative estimate of drug-likeness (QED) is 0.367. The van der Waals surface area contributed by atoms with Crippen molar-refractivity contribution in [3.05, 3.63) is 0 Å². The Bertz CT molecular complexity index is 175. The van der Waals surface area contributed by atoms with Crippen molar-refractivity contribution in [1.82, 2.24) is 5.32 Å². The first-order valence-electron chi connectivity index (χ1n) is 6.53. The number of rotatable bonds is 11. The third-order valence-corrected chi connectivity index (χ3v) is 2.64. The fourth-order valence-electron chi connectivity index (χ4n) is 1.65. The minimum absolute atomic E-state index is 0. The van der Waals surface area contributed by atoms with Crippen LogP contribution in [0.3, 0.4) is 0 Å². The Kier molecular flexibility index (Phi) is 16.8. The van der Waals surface area contributed by atoms with Crippen LogP contribution in [-0.2, 0) is 4.79 Å². The molecule has 0 atom stereocenters. The summed E-state index contributed by atoms with van der Waals surface area (Å²) in [5.74, 6) is -0.146. The molecule has 0 aliphatic carbocycles. The van der Waals surface area contributed by atoms with E-state index in [0.29, 0.717) is 6.54 Å². The van der Waals surface area contributed by atoms with E-state index < -0.39 is 5.97 Å². The van der Waals surface area contributed by atoms with Crippen molar-refractivity contribution in [3.8, 4) is 0 Å². The SMILES string of the molecule is CC(C)CCCCCCCNCCC(=O)[O-].[Na+]. The summed E-state index contributed by atoms with van der Waals surface area (Å²) in [6.45, 7) is 6.00. The van der Waals surface area contributed by atoms with E-state index in [2.05, 4.69) is 19.2 Å². The minimum atomic E-state index is -0.971. The van der Waals surface area contributed by atoms with Crippen LogP contribution in [0, 0.1) is 5.92 Å². The predicted molar refractivity (Wildman–Crippen MR) is 65.0 cm³/mol. The van der Waals surface area contributed by atoms with Crippen molar-refractivity contribution in [1.29, 1.82) is 0 Å². The van der Waals surface area contributed by atoms with Crippen LogP contribution in [-0.4, -0.2) is 19.1 Å². The van der Waals surface area contributed by atoms with E-state index in [0.717, 1.165) is 18.9 Å². The molecule has 96 valence electrons. The van der Waals surface area contributed by atoms with Gasteiger partial charge in [0.1, 0.15) is 0 Å². The van der Waals surface area contributed by atoms with E-state index in [1.54, 1.807) is 0 Å². The van der Waals surface area contributed by atoms with Gasteiger partial charge in [-0.25, -0.2) is 0 Å². The van der Waals surface area contributed by atoms with Gasteiger partial charge in [-0.3, -0.25) is 0 Å². The standard InChI is InChI=1S/C13H27NO2.Na/c1-12(2)8-6-4-3-5-7-10-14-11-9-13(15)16;/h12,14H,3-11H2,1-2H3,(H,15,16);/q;+1/p-1. The fraction of sp³-hybridized carbons (Fsp3) is 0.923. The van der Waals surface area contributed by atoms with E-state index in [-0.39, 0.29) is 36.0 Å². The molecule has 4 heteroatoms. The summed E-state index contributed by atoms with van der Waals surface area (Å²) >= 11 is 0. The van der Waals surface area contributed by atoms with Crippen LogP contribution in [0.2, 0.25) is 0 Å². The van der Waals surface area contributed by atoms with Crippen molar-refractivity contribution in [3.63, 3.8) is 0 Å². The number of hydrogen-bond donors (Lipinski definition) is 1. The zero-order valence-corrected chi connectivity index (χ0v) is 13.8. The van der Waals surface area contributed by atoms with Gasteiger partial charge in [-0.2, -0.15) is 0 Å². The number of nitrogens with one attached hydrogen (secondary N) is 1. The van der Waals surface area contributed by atoms with Crippen LogP contribution in [0.15, 0.2) is 0 Å². The molecule has 0 aliphatic heterocycles. The van der Waals surface area contributed by atoms with Crippen molar-refractivity contribution in [2.75, 3.05) is 13.1 Å². The first-order chi connectivity index (χ1) is 7.63. The number of carboxylic acid groups (broad SMARTS) is 1. The van der Waals surface area contributed by atoms with Crippen LogP contribution in [0.4, 0.5) is 0 Å². The van der Waals surface area contributed by atoms with E-state index >= 15 is 0 Å². The molecule has 0 radical (unpaired) electrons. The summed E-state index contributed by atoms with van der Waals surface area (Å²) in [6, 6.07) is 0. The number of hydrogen-bond acceptors (Lipinski definition) is 3. The molecule has 0 aromatic rings. The topological polar surface area (TPSA) is 52.2 Å². The Hall–Kier alpha value is 0.430. The van der Waals surface area contributed by atoms with Crippen molar-refractivity contribution < 1.29 is 39.5 Å². The Balaban J connectivity index is 0. The van der Waals surface area contributed by atoms with Gasteiger partial charge >= 0.3 is 29.6 Å². The van der Waals surface area contributed by atoms with Gasteiger partial charge in [0, 0.05) is 12.5 Å². The van der Waals surface area contributed by atoms with Crippen LogP contribution < -0.4 is 40.0 Å². The van der Waals surface area contributed by atoms with Crippen LogP contribution in [0.25, 0.3) is 0 Å². The van der Waals surface area contributed by atoms with Gasteiger partial charge in [-0.05, 0) is 25.3 Å². The summed E-state index contributed by atoms with van der Waals surface area (Å²) in [7, 11) is 0. The summed E-state index contributed by atoms with van der Waals surface area (Å²) in [5.41, 5.74) is 0. The summed E-state index contributed by atoms with van der Waals surface area (Å²) < 4.78 is 0. The molecular weight excluding hydrogens is 225 g/mol. The molecule has 0 saturated heterocycles. The summed E-state index contributed by atoms with van der Waals surface area (Å²) in [4.78, 5) is 10.1. The molecule has 0 spiro atoms. The molecule has 0 amide bonds. The van der Waals surface area contributed by atoms with E-state index in [4.69, 9.17) is 0 Å². The number of carboxylic acids is 1. The number of carbonyl (C=O) groups is 1. The van der Waals surface area contributed by atoms with Gasteiger partial charge in [-0.1, -0.05) is 46.0 Å². The number of aliphatic carboxylic acids is 1. The third-order valence-electron chi connectivity index (χ3n) is 2.64. The molecule has 0 heterocycles. The smallest absolute Gasteiger partial charge is 0.550 e. The van der Waals surface area contributed by atoms with Gasteiger partial charge in [-0.15, -0.1) is 0 Å². The second-order valence-corrected chi connectivity index (χ2v) is 4.82. The molecule has 0 aliphatic rings. The second kappa shape index (κ2) is 14.5. The van der Waals surface area contributed by atoms with Crippen molar-refractivity contribution in [2.24, 2.45) is 5.92 Å². The molecule has 0 saturated carbocycles. The molecular formula is C13H26NNaO2. The monoisotopic (exact) mass is 251 g/mol. The molecule has 0 rings (SSSR count). The Morgan fingerprint density at radius 1 is 1.06 bits per heavy atom. The van der Waals surface area contributed by atoms with Gasteiger partial charge in [0.2, 0.25) is 0 Å². The van der Waals surface area contributed by atoms with E-state index in [1.807, 2.05) is 0 Å². The number of unbranched alkanes of at least 4 members (excludes halogenated alkanes) is 4. The summed E-state index contributed by atoms with van der Waals surface area (Å²) in [5, 5.41) is 13.2. The Morgan fingerprint density at radius 2 is 1.65 bits per heavy atom. The van der Waals surface area contributed by atoms with Crippen LogP contribution >= 0.6 is 0 Å². The van der Waals surface area contributed by atoms with Crippen LogP contribution in [0.5, 0.6) is 0 Å². The average molecular weight is 251 g/mol. The molecule has 0 fully saturated rings. The normalized spacial score (nSPS) is 10.3. The molecule has 1 N–H and O–H groups in total. The van der Waals surface area contributed by atoms with Gasteiger partial charge in [0.25, 0.3) is 0 Å². The van der Waals surface area contributed by atoms with Gasteiger partial charge in [0.15, 0.2) is 0 Å². The van der Waals surface area contributed by atoms with E-state index in [1.165, 1.54) is 32.1 Å². The maximum absolute atomic E-state index is 10.1. The van der Waals surface area contributed by atoms with Gasteiger partial charge in [0.05, 0.1) is 0 Å². The zero-order valence-electron chi connectivity index (χ0n) is 11.8. The first kappa shape index (κ1) is 19.8. The maximum atomic E-state index is 10.1. The minimum Gasteiger partial charge on any atom is -0.550 e. The molecule has 0 unspecified atom stereocenters. The molecule has 0 aromatic carbocycles. The largest absolute Gasteiger partial charge is 1.00 e. The van der Waals surface area contributed by atoms with E-state index in [9.17, 15) is 9.90 Å². The third kappa shape index (κ3) is 19.0. The molecule has 17 heavy (non-hydrogen) atoms. The molecule has 3 nitrogen and oxygen atoms in total. The second-order valence-electron chi connectivity index (χ2n) is 4.82. The summed E-state index contributed by atoms with van der Waals surface area (Å²) in [6.07, 6.45) is 7.82. The number of carbonyl (C=O) groups excluding carboxylic acids is 1. The average Bonchev–Trinajstić information content (AvgIpc) is 2.20. The Labute approximate surface area is 128 Å². The Morgan fingerprint density at radius 3 is 2.24 bits per heavy atom. The fourth-order valence-corrected chi connectivity index (χ4v) is 1.65. The molecule has 0 bridgehead atoms. The van der Waals surface area contributed by atoms with Crippen molar-refractivity contribution >= 4 is 5.97 Å². The maximum Gasteiger partial charge on any atom is 1.00 e. The molecule has 0 aromatic heterocycles. The van der Waals surface area contributed by atoms with Gasteiger partial charge < -0.3 is 15.2 Å². The van der Waals surface area contributed by atoms with Crippen molar-refractivity contribution in [2.45, 2.75) is 58.8 Å². The zero-order chi connectivity index (χ0) is 12.2. The van der Waals surface area contributed by atoms with Crippen LogP contribution in [0.1, 0.15) is 58.8 Å². The predicted octanol–water partition coefficient (Wildman–Crippen LogP) is -1.28.